The first-order valence-corrected chi connectivity index (χ1v) is 7.27. The first-order valence-electron chi connectivity index (χ1n) is 7.27. The van der Waals surface area contributed by atoms with Gasteiger partial charge in [-0.2, -0.15) is 0 Å². The maximum absolute atomic E-state index is 3.77. The van der Waals surface area contributed by atoms with E-state index in [1.165, 1.54) is 29.5 Å². The number of nitrogens with one attached hydrogen (secondary N) is 1. The molecule has 1 nitrogen and oxygen atoms in total. The first-order chi connectivity index (χ1) is 8.47. The van der Waals surface area contributed by atoms with Gasteiger partial charge in [-0.3, -0.25) is 0 Å². The fourth-order valence-corrected chi connectivity index (χ4v) is 2.96. The zero-order chi connectivity index (χ0) is 13.3. The molecule has 100 valence electrons. The summed E-state index contributed by atoms with van der Waals surface area (Å²) in [5.41, 5.74) is 4.91. The van der Waals surface area contributed by atoms with Crippen molar-refractivity contribution in [2.75, 3.05) is 6.54 Å². The normalized spacial score (nSPS) is 22.8. The minimum atomic E-state index is 0.515. The van der Waals surface area contributed by atoms with Crippen LogP contribution >= 0.6 is 0 Å². The summed E-state index contributed by atoms with van der Waals surface area (Å²) in [6.45, 7) is 12.6. The lowest BCUT2D eigenvalue weighted by molar-refractivity contribution is 0.414. The maximum atomic E-state index is 3.77. The van der Waals surface area contributed by atoms with E-state index in [9.17, 15) is 0 Å². The lowest BCUT2D eigenvalue weighted by Crippen LogP contribution is -2.26. The van der Waals surface area contributed by atoms with E-state index >= 15 is 0 Å². The average Bonchev–Trinajstić information content (AvgIpc) is 2.94. The summed E-state index contributed by atoms with van der Waals surface area (Å²) in [7, 11) is 0. The number of aryl methyl sites for hydroxylation is 1. The van der Waals surface area contributed by atoms with Gasteiger partial charge in [-0.05, 0) is 61.3 Å². The highest BCUT2D eigenvalue weighted by Gasteiger charge is 2.50. The fourth-order valence-electron chi connectivity index (χ4n) is 2.96. The molecule has 1 aromatic carbocycles. The van der Waals surface area contributed by atoms with Gasteiger partial charge >= 0.3 is 0 Å². The third kappa shape index (κ3) is 2.61. The summed E-state index contributed by atoms with van der Waals surface area (Å²) in [6.07, 6.45) is 2.55. The molecule has 2 rings (SSSR count). The van der Waals surface area contributed by atoms with Crippen LogP contribution in [-0.2, 0) is 0 Å². The Kier molecular flexibility index (Phi) is 3.82. The van der Waals surface area contributed by atoms with E-state index in [1.807, 2.05) is 0 Å². The summed E-state index contributed by atoms with van der Waals surface area (Å²) < 4.78 is 0. The number of hydrogen-bond acceptors (Lipinski definition) is 1. The van der Waals surface area contributed by atoms with Crippen LogP contribution in [0.1, 0.15) is 56.3 Å². The molecule has 1 fully saturated rings. The smallest absolute Gasteiger partial charge is 0.0356 e. The van der Waals surface area contributed by atoms with E-state index in [0.29, 0.717) is 11.5 Å². The molecule has 0 aromatic heterocycles. The summed E-state index contributed by atoms with van der Waals surface area (Å²) in [5, 5.41) is 3.77. The third-order valence-corrected chi connectivity index (χ3v) is 4.59. The van der Waals surface area contributed by atoms with Gasteiger partial charge in [0.1, 0.15) is 0 Å². The van der Waals surface area contributed by atoms with Crippen LogP contribution in [0.5, 0.6) is 0 Å². The maximum Gasteiger partial charge on any atom is 0.0356 e. The van der Waals surface area contributed by atoms with Crippen molar-refractivity contribution in [1.82, 2.24) is 5.32 Å². The Morgan fingerprint density at radius 1 is 1.33 bits per heavy atom. The van der Waals surface area contributed by atoms with Gasteiger partial charge in [-0.1, -0.05) is 39.0 Å². The number of benzene rings is 1. The van der Waals surface area contributed by atoms with Crippen molar-refractivity contribution in [2.24, 2.45) is 11.3 Å². The van der Waals surface area contributed by atoms with Crippen LogP contribution < -0.4 is 5.32 Å². The topological polar surface area (TPSA) is 12.0 Å². The van der Waals surface area contributed by atoms with Crippen molar-refractivity contribution >= 4 is 0 Å². The van der Waals surface area contributed by atoms with Gasteiger partial charge in [-0.25, -0.2) is 0 Å². The van der Waals surface area contributed by atoms with Gasteiger partial charge in [0.05, 0.1) is 0 Å². The molecule has 0 saturated heterocycles. The standard InChI is InChI=1S/C17H27N/c1-6-10-18-16(15-11-17(15,4)5)14-9-7-8-12(2)13(14)3/h7-9,15-16,18H,6,10-11H2,1-5H3. The van der Waals surface area contributed by atoms with Crippen molar-refractivity contribution in [3.63, 3.8) is 0 Å². The predicted octanol–water partition coefficient (Wildman–Crippen LogP) is 4.39. The first kappa shape index (κ1) is 13.6. The molecule has 1 heteroatoms. The minimum absolute atomic E-state index is 0.515. The Morgan fingerprint density at radius 3 is 2.56 bits per heavy atom. The highest BCUT2D eigenvalue weighted by atomic mass is 14.9. The molecular formula is C17H27N. The average molecular weight is 245 g/mol. The molecule has 18 heavy (non-hydrogen) atoms. The molecule has 0 radical (unpaired) electrons. The Hall–Kier alpha value is -0.820. The molecular weight excluding hydrogens is 218 g/mol. The monoisotopic (exact) mass is 245 g/mol. The van der Waals surface area contributed by atoms with E-state index < -0.39 is 0 Å². The van der Waals surface area contributed by atoms with E-state index in [2.05, 4.69) is 58.1 Å². The Balaban J connectivity index is 2.26. The van der Waals surface area contributed by atoms with E-state index in [4.69, 9.17) is 0 Å². The molecule has 0 aliphatic heterocycles. The summed E-state index contributed by atoms with van der Waals surface area (Å²) in [5.74, 6) is 0.796. The largest absolute Gasteiger partial charge is 0.310 e. The number of rotatable bonds is 5. The fraction of sp³-hybridized carbons (Fsp3) is 0.647. The van der Waals surface area contributed by atoms with Crippen LogP contribution in [0.4, 0.5) is 0 Å². The zero-order valence-corrected chi connectivity index (χ0v) is 12.5. The lowest BCUT2D eigenvalue weighted by Gasteiger charge is -2.23. The van der Waals surface area contributed by atoms with Crippen LogP contribution in [-0.4, -0.2) is 6.54 Å². The van der Waals surface area contributed by atoms with Crippen LogP contribution in [0.3, 0.4) is 0 Å². The minimum Gasteiger partial charge on any atom is -0.310 e. The van der Waals surface area contributed by atoms with Crippen molar-refractivity contribution in [3.8, 4) is 0 Å². The second kappa shape index (κ2) is 5.05. The van der Waals surface area contributed by atoms with Crippen LogP contribution in [0, 0.1) is 25.2 Å². The molecule has 2 atom stereocenters. The van der Waals surface area contributed by atoms with Crippen LogP contribution in [0.25, 0.3) is 0 Å². The van der Waals surface area contributed by atoms with Crippen molar-refractivity contribution in [3.05, 3.63) is 34.9 Å². The van der Waals surface area contributed by atoms with E-state index in [1.54, 1.807) is 0 Å². The second-order valence-electron chi connectivity index (χ2n) is 6.52. The Labute approximate surface area is 112 Å². The van der Waals surface area contributed by atoms with Gasteiger partial charge in [0, 0.05) is 6.04 Å². The molecule has 1 aliphatic rings. The highest BCUT2D eigenvalue weighted by Crippen LogP contribution is 2.58. The zero-order valence-electron chi connectivity index (χ0n) is 12.5. The van der Waals surface area contributed by atoms with Gasteiger partial charge in [-0.15, -0.1) is 0 Å². The SMILES string of the molecule is CCCNC(c1cccc(C)c1C)C1CC1(C)C. The summed E-state index contributed by atoms with van der Waals surface area (Å²) >= 11 is 0. The molecule has 2 unspecified atom stereocenters. The molecule has 1 N–H and O–H groups in total. The summed E-state index contributed by atoms with van der Waals surface area (Å²) in [4.78, 5) is 0. The van der Waals surface area contributed by atoms with Gasteiger partial charge in [0.25, 0.3) is 0 Å². The molecule has 1 aliphatic carbocycles. The van der Waals surface area contributed by atoms with Gasteiger partial charge in [0.2, 0.25) is 0 Å². The number of hydrogen-bond donors (Lipinski definition) is 1. The van der Waals surface area contributed by atoms with Crippen LogP contribution in [0.15, 0.2) is 18.2 Å². The molecule has 0 heterocycles. The van der Waals surface area contributed by atoms with E-state index in [-0.39, 0.29) is 0 Å². The van der Waals surface area contributed by atoms with E-state index in [0.717, 1.165) is 12.5 Å². The Bertz CT molecular complexity index is 420. The van der Waals surface area contributed by atoms with Crippen LogP contribution in [0.2, 0.25) is 0 Å². The predicted molar refractivity (Wildman–Crippen MR) is 78.8 cm³/mol. The molecule has 1 saturated carbocycles. The molecule has 1 aromatic rings. The second-order valence-corrected chi connectivity index (χ2v) is 6.52. The third-order valence-electron chi connectivity index (χ3n) is 4.59. The quantitative estimate of drug-likeness (QED) is 0.811. The van der Waals surface area contributed by atoms with Gasteiger partial charge < -0.3 is 5.32 Å². The van der Waals surface area contributed by atoms with Crippen molar-refractivity contribution in [1.29, 1.82) is 0 Å². The van der Waals surface area contributed by atoms with Gasteiger partial charge in [0.15, 0.2) is 0 Å². The molecule has 0 spiro atoms. The molecule has 0 amide bonds. The van der Waals surface area contributed by atoms with Crippen molar-refractivity contribution < 1.29 is 0 Å². The lowest BCUT2D eigenvalue weighted by atomic mass is 9.91. The summed E-state index contributed by atoms with van der Waals surface area (Å²) in [6, 6.07) is 7.27. The van der Waals surface area contributed by atoms with Crippen molar-refractivity contribution in [2.45, 2.75) is 53.5 Å². The molecule has 0 bridgehead atoms. The Morgan fingerprint density at radius 2 is 2.00 bits per heavy atom. The highest BCUT2D eigenvalue weighted by molar-refractivity contribution is 5.36.